The molecule has 6 nitrogen and oxygen atoms in total. The van der Waals surface area contributed by atoms with Gasteiger partial charge in [0.15, 0.2) is 11.8 Å². The molecule has 0 radical (unpaired) electrons. The number of nitrogens with one attached hydrogen (secondary N) is 1. The molecule has 1 unspecified atom stereocenters. The number of nitrogens with zero attached hydrogens (tertiary/aromatic N) is 4. The van der Waals surface area contributed by atoms with Crippen molar-refractivity contribution in [3.05, 3.63) is 77.1 Å². The Kier molecular flexibility index (Phi) is 5.57. The summed E-state index contributed by atoms with van der Waals surface area (Å²) in [6, 6.07) is 20.8. The molecule has 0 bridgehead atoms. The van der Waals surface area contributed by atoms with Crippen molar-refractivity contribution in [2.24, 2.45) is 4.99 Å². The minimum absolute atomic E-state index is 0.0694. The van der Waals surface area contributed by atoms with Crippen LogP contribution in [-0.4, -0.2) is 45.0 Å². The van der Waals surface area contributed by atoms with Crippen molar-refractivity contribution in [1.82, 2.24) is 19.8 Å². The van der Waals surface area contributed by atoms with Gasteiger partial charge in [-0.3, -0.25) is 5.32 Å². The summed E-state index contributed by atoms with van der Waals surface area (Å²) in [7, 11) is 2.03. The van der Waals surface area contributed by atoms with Gasteiger partial charge in [-0.25, -0.2) is 9.98 Å². The van der Waals surface area contributed by atoms with E-state index in [4.69, 9.17) is 9.98 Å². The summed E-state index contributed by atoms with van der Waals surface area (Å²) in [4.78, 5) is 12.0. The lowest BCUT2D eigenvalue weighted by Gasteiger charge is -2.34. The highest BCUT2D eigenvalue weighted by Crippen LogP contribution is 2.20. The van der Waals surface area contributed by atoms with Crippen LogP contribution in [-0.2, 0) is 6.54 Å². The molecule has 0 spiro atoms. The summed E-state index contributed by atoms with van der Waals surface area (Å²) in [5, 5.41) is 14.9. The Morgan fingerprint density at radius 2 is 1.71 bits per heavy atom. The second kappa shape index (κ2) is 8.65. The summed E-state index contributed by atoms with van der Waals surface area (Å²) in [6.45, 7) is 0.729. The van der Waals surface area contributed by atoms with Gasteiger partial charge in [0.05, 0.1) is 6.10 Å². The fourth-order valence-electron chi connectivity index (χ4n) is 4.53. The van der Waals surface area contributed by atoms with Crippen molar-refractivity contribution in [2.75, 3.05) is 7.05 Å². The summed E-state index contributed by atoms with van der Waals surface area (Å²) >= 11 is 0. The van der Waals surface area contributed by atoms with Crippen LogP contribution < -0.4 is 16.2 Å². The Morgan fingerprint density at radius 3 is 2.45 bits per heavy atom. The summed E-state index contributed by atoms with van der Waals surface area (Å²) in [6.07, 6.45) is 5.65. The van der Waals surface area contributed by atoms with Crippen LogP contribution in [0, 0.1) is 0 Å². The number of hydrogen-bond donors (Lipinski definition) is 2. The third-order valence-corrected chi connectivity index (χ3v) is 6.25. The normalized spacial score (nSPS) is 23.0. The molecule has 1 aliphatic heterocycles. The average Bonchev–Trinajstić information content (AvgIpc) is 3.14. The standard InChI is InChI=1S/C25H29N5O/c1-29-17-21-23(28-25(29)26-20-14-8-9-15-22(20)31)27-24(19-12-6-3-7-13-19)30(21)16-18-10-4-2-5-11-18/h2-7,10-13,17,20,22,25-26,31H,8-9,14-16H2,1H3/t20-,22-,25?/m1/s1. The first-order valence-electron chi connectivity index (χ1n) is 11.1. The van der Waals surface area contributed by atoms with E-state index in [2.05, 4.69) is 57.4 Å². The fraction of sp³-hybridized carbons (Fsp3) is 0.360. The van der Waals surface area contributed by atoms with Crippen molar-refractivity contribution in [3.8, 4) is 11.4 Å². The van der Waals surface area contributed by atoms with Crippen molar-refractivity contribution in [2.45, 2.75) is 50.7 Å². The van der Waals surface area contributed by atoms with E-state index in [1.807, 2.05) is 31.3 Å². The molecular weight excluding hydrogens is 386 g/mol. The lowest BCUT2D eigenvalue weighted by atomic mass is 9.92. The number of aliphatic hydroxyl groups is 1. The van der Waals surface area contributed by atoms with E-state index in [1.54, 1.807) is 0 Å². The van der Waals surface area contributed by atoms with Gasteiger partial charge in [-0.15, -0.1) is 0 Å². The Labute approximate surface area is 182 Å². The zero-order valence-electron chi connectivity index (χ0n) is 17.9. The smallest absolute Gasteiger partial charge is 0.178 e. The van der Waals surface area contributed by atoms with Crippen molar-refractivity contribution in [3.63, 3.8) is 0 Å². The van der Waals surface area contributed by atoms with Crippen LogP contribution >= 0.6 is 0 Å². The van der Waals surface area contributed by atoms with Crippen molar-refractivity contribution < 1.29 is 5.11 Å². The van der Waals surface area contributed by atoms with Gasteiger partial charge in [0.1, 0.15) is 11.2 Å². The topological polar surface area (TPSA) is 65.7 Å². The van der Waals surface area contributed by atoms with E-state index in [0.717, 1.165) is 54.5 Å². The number of fused-ring (bicyclic) bond motifs is 1. The first kappa shape index (κ1) is 20.0. The highest BCUT2D eigenvalue weighted by molar-refractivity contribution is 5.56. The number of imidazole rings is 1. The molecule has 5 rings (SSSR count). The molecule has 1 aliphatic carbocycles. The minimum Gasteiger partial charge on any atom is -0.392 e. The minimum atomic E-state index is -0.311. The molecule has 0 saturated heterocycles. The number of aliphatic hydroxyl groups excluding tert-OH is 1. The van der Waals surface area contributed by atoms with Crippen molar-refractivity contribution in [1.29, 1.82) is 0 Å². The molecule has 3 aromatic rings. The van der Waals surface area contributed by atoms with E-state index in [-0.39, 0.29) is 18.4 Å². The Balaban J connectivity index is 1.55. The van der Waals surface area contributed by atoms with E-state index in [1.165, 1.54) is 5.56 Å². The maximum Gasteiger partial charge on any atom is 0.178 e. The van der Waals surface area contributed by atoms with E-state index >= 15 is 0 Å². The molecule has 2 N–H and O–H groups in total. The molecular formula is C25H29N5O. The molecule has 1 aromatic heterocycles. The third kappa shape index (κ3) is 4.13. The highest BCUT2D eigenvalue weighted by Gasteiger charge is 2.28. The molecule has 3 atom stereocenters. The van der Waals surface area contributed by atoms with Crippen LogP contribution in [0.5, 0.6) is 0 Å². The molecule has 2 aromatic carbocycles. The molecule has 2 aliphatic rings. The summed E-state index contributed by atoms with van der Waals surface area (Å²) in [5.74, 6) is 0.918. The van der Waals surface area contributed by atoms with Crippen LogP contribution in [0.3, 0.4) is 0 Å². The first-order chi connectivity index (χ1) is 15.2. The molecule has 160 valence electrons. The predicted molar refractivity (Wildman–Crippen MR) is 121 cm³/mol. The van der Waals surface area contributed by atoms with Crippen LogP contribution in [0.25, 0.3) is 17.6 Å². The van der Waals surface area contributed by atoms with Gasteiger partial charge in [-0.1, -0.05) is 73.5 Å². The van der Waals surface area contributed by atoms with Crippen LogP contribution in [0.1, 0.15) is 31.2 Å². The van der Waals surface area contributed by atoms with Crippen molar-refractivity contribution >= 4 is 6.20 Å². The van der Waals surface area contributed by atoms with Gasteiger partial charge in [-0.2, -0.15) is 0 Å². The monoisotopic (exact) mass is 415 g/mol. The summed E-state index contributed by atoms with van der Waals surface area (Å²) in [5.41, 5.74) is 3.04. The molecule has 0 amide bonds. The van der Waals surface area contributed by atoms with Gasteiger partial charge in [0.2, 0.25) is 0 Å². The van der Waals surface area contributed by atoms with E-state index in [0.29, 0.717) is 0 Å². The third-order valence-electron chi connectivity index (χ3n) is 6.25. The Bertz CT molecular complexity index is 1140. The quantitative estimate of drug-likeness (QED) is 0.670. The maximum atomic E-state index is 10.4. The van der Waals surface area contributed by atoms with Crippen LogP contribution in [0.4, 0.5) is 0 Å². The lowest BCUT2D eigenvalue weighted by molar-refractivity contribution is 0.0740. The van der Waals surface area contributed by atoms with E-state index in [9.17, 15) is 5.11 Å². The average molecular weight is 416 g/mol. The van der Waals surface area contributed by atoms with Gasteiger partial charge in [0.25, 0.3) is 0 Å². The first-order valence-corrected chi connectivity index (χ1v) is 11.1. The fourth-order valence-corrected chi connectivity index (χ4v) is 4.53. The van der Waals surface area contributed by atoms with Gasteiger partial charge in [0, 0.05) is 31.4 Å². The number of hydrogen-bond acceptors (Lipinski definition) is 5. The van der Waals surface area contributed by atoms with Gasteiger partial charge >= 0.3 is 0 Å². The highest BCUT2D eigenvalue weighted by atomic mass is 16.3. The maximum absolute atomic E-state index is 10.4. The number of benzene rings is 2. The zero-order chi connectivity index (χ0) is 21.2. The second-order valence-electron chi connectivity index (χ2n) is 8.50. The SMILES string of the molecule is CN1C=c2c(nc(-c3ccccc3)n2Cc2ccccc2)=NC1N[C@@H]1CCCC[C@H]1O. The lowest BCUT2D eigenvalue weighted by Crippen LogP contribution is -2.54. The Hall–Kier alpha value is -2.96. The Morgan fingerprint density at radius 1 is 1.00 bits per heavy atom. The molecule has 1 fully saturated rings. The van der Waals surface area contributed by atoms with E-state index < -0.39 is 0 Å². The second-order valence-corrected chi connectivity index (χ2v) is 8.50. The van der Waals surface area contributed by atoms with Crippen LogP contribution in [0.15, 0.2) is 65.7 Å². The molecule has 31 heavy (non-hydrogen) atoms. The molecule has 2 heterocycles. The zero-order valence-corrected chi connectivity index (χ0v) is 17.9. The number of aromatic nitrogens is 2. The molecule has 1 saturated carbocycles. The van der Waals surface area contributed by atoms with Gasteiger partial charge < -0.3 is 14.6 Å². The molecule has 6 heteroatoms. The number of rotatable bonds is 5. The summed E-state index contributed by atoms with van der Waals surface area (Å²) < 4.78 is 2.24. The predicted octanol–water partition coefficient (Wildman–Crippen LogP) is 2.08. The van der Waals surface area contributed by atoms with Gasteiger partial charge in [-0.05, 0) is 18.4 Å². The van der Waals surface area contributed by atoms with Crippen LogP contribution in [0.2, 0.25) is 0 Å². The largest absolute Gasteiger partial charge is 0.392 e.